The summed E-state index contributed by atoms with van der Waals surface area (Å²) < 4.78 is 0. The molecule has 0 radical (unpaired) electrons. The molecule has 0 atom stereocenters. The summed E-state index contributed by atoms with van der Waals surface area (Å²) in [4.78, 5) is 10.5. The van der Waals surface area contributed by atoms with Gasteiger partial charge in [0.15, 0.2) is 5.78 Å². The second-order valence-corrected chi connectivity index (χ2v) is 2.02. The van der Waals surface area contributed by atoms with E-state index in [-0.39, 0.29) is 5.78 Å². The first-order valence-electron chi connectivity index (χ1n) is 2.66. The third-order valence-corrected chi connectivity index (χ3v) is 1.12. The standard InChI is InChI=1S/C7H8O/c1-6-3-2-4-7(8)5-6/h2-4H,5H2,1H3. The Labute approximate surface area is 48.7 Å². The molecule has 0 aromatic heterocycles. The Kier molecular flexibility index (Phi) is 1.29. The predicted octanol–water partition coefficient (Wildman–Crippen LogP) is 1.46. The number of hydrogen-bond acceptors (Lipinski definition) is 1. The molecule has 0 saturated carbocycles. The van der Waals surface area contributed by atoms with Crippen LogP contribution >= 0.6 is 0 Å². The highest BCUT2D eigenvalue weighted by Crippen LogP contribution is 2.06. The van der Waals surface area contributed by atoms with Crippen LogP contribution in [0.25, 0.3) is 0 Å². The van der Waals surface area contributed by atoms with Gasteiger partial charge in [0.1, 0.15) is 0 Å². The Morgan fingerprint density at radius 1 is 1.62 bits per heavy atom. The number of carbonyl (C=O) groups is 1. The normalized spacial score (nSPS) is 18.6. The van der Waals surface area contributed by atoms with E-state index in [0.717, 1.165) is 5.57 Å². The minimum absolute atomic E-state index is 0.213. The zero-order chi connectivity index (χ0) is 5.98. The monoisotopic (exact) mass is 108 g/mol. The summed E-state index contributed by atoms with van der Waals surface area (Å²) >= 11 is 0. The third-order valence-electron chi connectivity index (χ3n) is 1.12. The van der Waals surface area contributed by atoms with E-state index in [1.165, 1.54) is 0 Å². The lowest BCUT2D eigenvalue weighted by Gasteiger charge is -1.98. The van der Waals surface area contributed by atoms with Crippen LogP contribution in [0.3, 0.4) is 0 Å². The molecule has 0 saturated heterocycles. The summed E-state index contributed by atoms with van der Waals surface area (Å²) in [6, 6.07) is 0. The lowest BCUT2D eigenvalue weighted by molar-refractivity contribution is -0.114. The molecule has 0 amide bonds. The van der Waals surface area contributed by atoms with Crippen molar-refractivity contribution in [1.82, 2.24) is 0 Å². The molecule has 0 spiro atoms. The molecule has 1 aliphatic carbocycles. The first-order chi connectivity index (χ1) is 3.79. The lowest BCUT2D eigenvalue weighted by Crippen LogP contribution is -1.95. The molecule has 1 heteroatoms. The molecule has 1 aliphatic rings. The van der Waals surface area contributed by atoms with E-state index >= 15 is 0 Å². The molecule has 1 nitrogen and oxygen atoms in total. The first kappa shape index (κ1) is 5.29. The van der Waals surface area contributed by atoms with E-state index in [0.29, 0.717) is 6.42 Å². The zero-order valence-corrected chi connectivity index (χ0v) is 4.85. The highest BCUT2D eigenvalue weighted by Gasteiger charge is 1.99. The van der Waals surface area contributed by atoms with E-state index in [9.17, 15) is 4.79 Å². The van der Waals surface area contributed by atoms with Gasteiger partial charge in [-0.25, -0.2) is 0 Å². The summed E-state index contributed by atoms with van der Waals surface area (Å²) in [6.45, 7) is 1.96. The van der Waals surface area contributed by atoms with Crippen LogP contribution in [0.5, 0.6) is 0 Å². The average molecular weight is 108 g/mol. The Hall–Kier alpha value is -0.850. The SMILES string of the molecule is CC1=CC=CC(=O)C1. The lowest BCUT2D eigenvalue weighted by atomic mass is 10.1. The van der Waals surface area contributed by atoms with Gasteiger partial charge in [-0.2, -0.15) is 0 Å². The van der Waals surface area contributed by atoms with Gasteiger partial charge in [0, 0.05) is 6.42 Å². The second kappa shape index (κ2) is 1.95. The van der Waals surface area contributed by atoms with Crippen LogP contribution in [0.2, 0.25) is 0 Å². The van der Waals surface area contributed by atoms with Crippen molar-refractivity contribution in [2.24, 2.45) is 0 Å². The summed E-state index contributed by atoms with van der Waals surface area (Å²) in [5.74, 6) is 0.213. The summed E-state index contributed by atoms with van der Waals surface area (Å²) in [5, 5.41) is 0. The van der Waals surface area contributed by atoms with E-state index < -0.39 is 0 Å². The van der Waals surface area contributed by atoms with Crippen LogP contribution < -0.4 is 0 Å². The maximum Gasteiger partial charge on any atom is 0.159 e. The quantitative estimate of drug-likeness (QED) is 0.459. The van der Waals surface area contributed by atoms with Gasteiger partial charge in [0.25, 0.3) is 0 Å². The Morgan fingerprint density at radius 3 is 2.75 bits per heavy atom. The summed E-state index contributed by atoms with van der Waals surface area (Å²) in [6.07, 6.45) is 5.96. The van der Waals surface area contributed by atoms with E-state index in [1.807, 2.05) is 13.0 Å². The fraction of sp³-hybridized carbons (Fsp3) is 0.286. The third kappa shape index (κ3) is 1.06. The van der Waals surface area contributed by atoms with Gasteiger partial charge in [-0.05, 0) is 13.0 Å². The Bertz CT molecular complexity index is 163. The van der Waals surface area contributed by atoms with Crippen LogP contribution in [0.4, 0.5) is 0 Å². The first-order valence-corrected chi connectivity index (χ1v) is 2.66. The smallest absolute Gasteiger partial charge is 0.159 e. The maximum absolute atomic E-state index is 10.5. The highest BCUT2D eigenvalue weighted by molar-refractivity contribution is 5.92. The van der Waals surface area contributed by atoms with Crippen LogP contribution in [0.15, 0.2) is 23.8 Å². The Balaban J connectivity index is 2.73. The molecular formula is C7H8O. The van der Waals surface area contributed by atoms with E-state index in [4.69, 9.17) is 0 Å². The molecule has 0 fully saturated rings. The summed E-state index contributed by atoms with van der Waals surface area (Å²) in [5.41, 5.74) is 1.15. The molecule has 1 rings (SSSR count). The second-order valence-electron chi connectivity index (χ2n) is 2.02. The molecule has 0 unspecified atom stereocenters. The van der Waals surface area contributed by atoms with Crippen molar-refractivity contribution in [3.63, 3.8) is 0 Å². The van der Waals surface area contributed by atoms with Gasteiger partial charge in [-0.1, -0.05) is 17.7 Å². The van der Waals surface area contributed by atoms with Gasteiger partial charge in [-0.3, -0.25) is 4.79 Å². The number of ketones is 1. The number of hydrogen-bond donors (Lipinski definition) is 0. The molecule has 0 aromatic rings. The average Bonchev–Trinajstić information content (AvgIpc) is 1.64. The molecule has 0 bridgehead atoms. The van der Waals surface area contributed by atoms with Crippen molar-refractivity contribution in [2.75, 3.05) is 0 Å². The highest BCUT2D eigenvalue weighted by atomic mass is 16.1. The van der Waals surface area contributed by atoms with Gasteiger partial charge in [0.2, 0.25) is 0 Å². The van der Waals surface area contributed by atoms with Crippen molar-refractivity contribution < 1.29 is 4.79 Å². The van der Waals surface area contributed by atoms with Crippen LogP contribution in [-0.4, -0.2) is 5.78 Å². The number of rotatable bonds is 0. The molecular weight excluding hydrogens is 100 g/mol. The predicted molar refractivity (Wildman–Crippen MR) is 32.5 cm³/mol. The number of carbonyl (C=O) groups excluding carboxylic acids is 1. The van der Waals surface area contributed by atoms with Gasteiger partial charge in [-0.15, -0.1) is 0 Å². The fourth-order valence-corrected chi connectivity index (χ4v) is 0.712. The topological polar surface area (TPSA) is 17.1 Å². The van der Waals surface area contributed by atoms with Crippen LogP contribution in [0, 0.1) is 0 Å². The van der Waals surface area contributed by atoms with Crippen LogP contribution in [0.1, 0.15) is 13.3 Å². The minimum Gasteiger partial charge on any atom is -0.295 e. The molecule has 8 heavy (non-hydrogen) atoms. The largest absolute Gasteiger partial charge is 0.295 e. The van der Waals surface area contributed by atoms with Crippen LogP contribution in [-0.2, 0) is 4.79 Å². The fourth-order valence-electron chi connectivity index (χ4n) is 0.712. The molecule has 42 valence electrons. The van der Waals surface area contributed by atoms with Gasteiger partial charge < -0.3 is 0 Å². The van der Waals surface area contributed by atoms with E-state index in [1.54, 1.807) is 12.2 Å². The molecule has 0 heterocycles. The van der Waals surface area contributed by atoms with Crippen molar-refractivity contribution >= 4 is 5.78 Å². The van der Waals surface area contributed by atoms with Crippen molar-refractivity contribution in [1.29, 1.82) is 0 Å². The zero-order valence-electron chi connectivity index (χ0n) is 4.85. The number of allylic oxidation sites excluding steroid dienone is 4. The maximum atomic E-state index is 10.5. The minimum atomic E-state index is 0.213. The molecule has 0 aromatic carbocycles. The molecule has 0 aliphatic heterocycles. The summed E-state index contributed by atoms with van der Waals surface area (Å²) in [7, 11) is 0. The van der Waals surface area contributed by atoms with Gasteiger partial charge in [0.05, 0.1) is 0 Å². The Morgan fingerprint density at radius 2 is 2.38 bits per heavy atom. The van der Waals surface area contributed by atoms with Crippen molar-refractivity contribution in [3.05, 3.63) is 23.8 Å². The molecule has 0 N–H and O–H groups in total. The van der Waals surface area contributed by atoms with Crippen molar-refractivity contribution in [2.45, 2.75) is 13.3 Å². The van der Waals surface area contributed by atoms with E-state index in [2.05, 4.69) is 0 Å². The van der Waals surface area contributed by atoms with Gasteiger partial charge >= 0.3 is 0 Å². The van der Waals surface area contributed by atoms with Crippen molar-refractivity contribution in [3.8, 4) is 0 Å².